The molecule has 3 heteroatoms. The summed E-state index contributed by atoms with van der Waals surface area (Å²) in [5.74, 6) is 0. The van der Waals surface area contributed by atoms with E-state index in [1.165, 1.54) is 25.8 Å². The third-order valence-electron chi connectivity index (χ3n) is 3.48. The summed E-state index contributed by atoms with van der Waals surface area (Å²) in [5.41, 5.74) is -0.313. The molecule has 0 spiro atoms. The highest BCUT2D eigenvalue weighted by molar-refractivity contribution is 5.07. The molecular formula is C14H27N3. The first-order valence-corrected chi connectivity index (χ1v) is 7.05. The van der Waals surface area contributed by atoms with E-state index in [4.69, 9.17) is 0 Å². The van der Waals surface area contributed by atoms with Crippen LogP contribution in [0.3, 0.4) is 0 Å². The van der Waals surface area contributed by atoms with Crippen LogP contribution in [0.5, 0.6) is 0 Å². The van der Waals surface area contributed by atoms with Crippen molar-refractivity contribution in [3.8, 4) is 6.07 Å². The summed E-state index contributed by atoms with van der Waals surface area (Å²) in [5, 5.41) is 12.7. The van der Waals surface area contributed by atoms with Crippen LogP contribution >= 0.6 is 0 Å². The molecule has 17 heavy (non-hydrogen) atoms. The third kappa shape index (κ3) is 5.52. The number of nitriles is 1. The zero-order valence-electron chi connectivity index (χ0n) is 11.6. The fourth-order valence-corrected chi connectivity index (χ4v) is 2.24. The normalized spacial score (nSPS) is 19.0. The number of nitrogens with zero attached hydrogens (tertiary/aromatic N) is 2. The van der Waals surface area contributed by atoms with Gasteiger partial charge in [-0.25, -0.2) is 0 Å². The Bertz CT molecular complexity index is 255. The molecule has 1 aliphatic carbocycles. The highest BCUT2D eigenvalue weighted by Crippen LogP contribution is 2.24. The van der Waals surface area contributed by atoms with E-state index in [1.54, 1.807) is 0 Å². The number of hydrogen-bond donors (Lipinski definition) is 1. The summed E-state index contributed by atoms with van der Waals surface area (Å²) in [6.07, 6.45) is 5.77. The van der Waals surface area contributed by atoms with Crippen LogP contribution in [-0.2, 0) is 0 Å². The van der Waals surface area contributed by atoms with Gasteiger partial charge in [0.05, 0.1) is 6.07 Å². The minimum absolute atomic E-state index is 0.313. The van der Waals surface area contributed by atoms with E-state index in [9.17, 15) is 5.26 Å². The van der Waals surface area contributed by atoms with Gasteiger partial charge in [0.2, 0.25) is 0 Å². The Morgan fingerprint density at radius 1 is 1.35 bits per heavy atom. The predicted molar refractivity (Wildman–Crippen MR) is 71.8 cm³/mol. The Morgan fingerprint density at radius 2 is 2.06 bits per heavy atom. The van der Waals surface area contributed by atoms with Crippen molar-refractivity contribution in [2.45, 2.75) is 64.5 Å². The molecule has 0 amide bonds. The lowest BCUT2D eigenvalue weighted by Crippen LogP contribution is -2.43. The van der Waals surface area contributed by atoms with Crippen LogP contribution in [0.4, 0.5) is 0 Å². The lowest BCUT2D eigenvalue weighted by Gasteiger charge is -2.25. The predicted octanol–water partition coefficient (Wildman–Crippen LogP) is 2.53. The van der Waals surface area contributed by atoms with Crippen molar-refractivity contribution in [2.75, 3.05) is 19.6 Å². The molecule has 1 fully saturated rings. The average molecular weight is 237 g/mol. The van der Waals surface area contributed by atoms with Crippen LogP contribution < -0.4 is 5.32 Å². The quantitative estimate of drug-likeness (QED) is 0.670. The molecule has 0 saturated heterocycles. The van der Waals surface area contributed by atoms with Gasteiger partial charge >= 0.3 is 0 Å². The molecule has 1 aliphatic rings. The fraction of sp³-hybridized carbons (Fsp3) is 0.929. The second-order valence-corrected chi connectivity index (χ2v) is 5.40. The molecule has 1 saturated carbocycles. The van der Waals surface area contributed by atoms with E-state index in [0.29, 0.717) is 6.04 Å². The van der Waals surface area contributed by atoms with Gasteiger partial charge in [0.25, 0.3) is 0 Å². The molecule has 1 unspecified atom stereocenters. The molecule has 0 aliphatic heterocycles. The molecule has 0 aromatic rings. The van der Waals surface area contributed by atoms with Crippen LogP contribution in [0.15, 0.2) is 0 Å². The zero-order chi connectivity index (χ0) is 12.7. The summed E-state index contributed by atoms with van der Waals surface area (Å²) in [7, 11) is 0. The van der Waals surface area contributed by atoms with Gasteiger partial charge in [0.1, 0.15) is 5.54 Å². The van der Waals surface area contributed by atoms with Crippen molar-refractivity contribution in [1.82, 2.24) is 10.2 Å². The zero-order valence-corrected chi connectivity index (χ0v) is 11.6. The van der Waals surface area contributed by atoms with Crippen LogP contribution in [-0.4, -0.2) is 36.1 Å². The van der Waals surface area contributed by atoms with Crippen molar-refractivity contribution in [3.05, 3.63) is 0 Å². The first kappa shape index (κ1) is 14.5. The van der Waals surface area contributed by atoms with Crippen LogP contribution in [0, 0.1) is 11.3 Å². The first-order valence-electron chi connectivity index (χ1n) is 7.05. The van der Waals surface area contributed by atoms with E-state index in [1.807, 2.05) is 6.92 Å². The van der Waals surface area contributed by atoms with E-state index in [2.05, 4.69) is 30.1 Å². The molecule has 0 aromatic carbocycles. The topological polar surface area (TPSA) is 39.1 Å². The summed E-state index contributed by atoms with van der Waals surface area (Å²) in [6, 6.07) is 3.05. The first-order chi connectivity index (χ1) is 8.13. The molecule has 0 bridgehead atoms. The number of rotatable bonds is 9. The number of hydrogen-bond acceptors (Lipinski definition) is 3. The second kappa shape index (κ2) is 6.98. The van der Waals surface area contributed by atoms with Gasteiger partial charge in [-0.05, 0) is 58.7 Å². The highest BCUT2D eigenvalue weighted by atomic mass is 15.1. The van der Waals surface area contributed by atoms with E-state index < -0.39 is 0 Å². The number of nitrogens with one attached hydrogen (secondary N) is 1. The smallest absolute Gasteiger partial charge is 0.104 e. The standard InChI is InChI=1S/C14H27N3/c1-4-10-17(5-2)11-6-9-14(3,12-15)16-13-7-8-13/h13,16H,4-11H2,1-3H3. The summed E-state index contributed by atoms with van der Waals surface area (Å²) < 4.78 is 0. The van der Waals surface area contributed by atoms with Gasteiger partial charge in [-0.1, -0.05) is 13.8 Å². The van der Waals surface area contributed by atoms with Crippen LogP contribution in [0.1, 0.15) is 52.9 Å². The molecule has 0 aromatic heterocycles. The minimum atomic E-state index is -0.313. The Kier molecular flexibility index (Phi) is 5.94. The lowest BCUT2D eigenvalue weighted by atomic mass is 9.97. The molecule has 0 heterocycles. The molecule has 1 N–H and O–H groups in total. The molecule has 1 atom stereocenters. The fourth-order valence-electron chi connectivity index (χ4n) is 2.24. The molecule has 3 nitrogen and oxygen atoms in total. The molecular weight excluding hydrogens is 210 g/mol. The van der Waals surface area contributed by atoms with Crippen molar-refractivity contribution in [3.63, 3.8) is 0 Å². The van der Waals surface area contributed by atoms with Crippen LogP contribution in [0.25, 0.3) is 0 Å². The van der Waals surface area contributed by atoms with E-state index in [0.717, 1.165) is 25.9 Å². The van der Waals surface area contributed by atoms with Gasteiger partial charge in [-0.2, -0.15) is 5.26 Å². The van der Waals surface area contributed by atoms with Gasteiger partial charge in [0, 0.05) is 6.04 Å². The Labute approximate surface area is 106 Å². The Hall–Kier alpha value is -0.590. The van der Waals surface area contributed by atoms with Crippen molar-refractivity contribution in [1.29, 1.82) is 5.26 Å². The minimum Gasteiger partial charge on any atom is -0.304 e. The maximum atomic E-state index is 9.26. The SMILES string of the molecule is CCCN(CC)CCCC(C)(C#N)NC1CC1. The second-order valence-electron chi connectivity index (χ2n) is 5.40. The maximum absolute atomic E-state index is 9.26. The summed E-state index contributed by atoms with van der Waals surface area (Å²) in [4.78, 5) is 2.47. The highest BCUT2D eigenvalue weighted by Gasteiger charge is 2.31. The van der Waals surface area contributed by atoms with E-state index >= 15 is 0 Å². The summed E-state index contributed by atoms with van der Waals surface area (Å²) >= 11 is 0. The lowest BCUT2D eigenvalue weighted by molar-refractivity contribution is 0.269. The molecule has 1 rings (SSSR count). The Morgan fingerprint density at radius 3 is 2.53 bits per heavy atom. The van der Waals surface area contributed by atoms with E-state index in [-0.39, 0.29) is 5.54 Å². The van der Waals surface area contributed by atoms with Crippen molar-refractivity contribution in [2.24, 2.45) is 0 Å². The Balaban J connectivity index is 2.24. The largest absolute Gasteiger partial charge is 0.304 e. The van der Waals surface area contributed by atoms with Crippen LogP contribution in [0.2, 0.25) is 0 Å². The van der Waals surface area contributed by atoms with Crippen molar-refractivity contribution < 1.29 is 0 Å². The molecule has 98 valence electrons. The summed E-state index contributed by atoms with van der Waals surface area (Å²) in [6.45, 7) is 9.89. The van der Waals surface area contributed by atoms with Crippen molar-refractivity contribution >= 4 is 0 Å². The van der Waals surface area contributed by atoms with Gasteiger partial charge in [0.15, 0.2) is 0 Å². The average Bonchev–Trinajstić information content (AvgIpc) is 3.11. The van der Waals surface area contributed by atoms with Gasteiger partial charge in [-0.15, -0.1) is 0 Å². The monoisotopic (exact) mass is 237 g/mol. The van der Waals surface area contributed by atoms with Gasteiger partial charge < -0.3 is 4.90 Å². The molecule has 0 radical (unpaired) electrons. The van der Waals surface area contributed by atoms with Gasteiger partial charge in [-0.3, -0.25) is 5.32 Å². The maximum Gasteiger partial charge on any atom is 0.104 e. The third-order valence-corrected chi connectivity index (χ3v) is 3.48.